The summed E-state index contributed by atoms with van der Waals surface area (Å²) in [5, 5.41) is 0. The van der Waals surface area contributed by atoms with Crippen LogP contribution in [0.25, 0.3) is 6.08 Å². The lowest BCUT2D eigenvalue weighted by atomic mass is 9.95. The van der Waals surface area contributed by atoms with E-state index >= 15 is 0 Å². The van der Waals surface area contributed by atoms with Crippen LogP contribution >= 0.6 is 27.3 Å². The van der Waals surface area contributed by atoms with E-state index in [-0.39, 0.29) is 31.0 Å². The van der Waals surface area contributed by atoms with Crippen molar-refractivity contribution in [3.8, 4) is 23.0 Å². The maximum Gasteiger partial charge on any atom is 0.344 e. The van der Waals surface area contributed by atoms with Crippen LogP contribution in [0.5, 0.6) is 23.0 Å². The second-order valence-electron chi connectivity index (χ2n) is 9.26. The molecule has 0 N–H and O–H groups in total. The lowest BCUT2D eigenvalue weighted by Crippen LogP contribution is -2.40. The van der Waals surface area contributed by atoms with Crippen LogP contribution in [0.2, 0.25) is 0 Å². The quantitative estimate of drug-likeness (QED) is 0.261. The Morgan fingerprint density at radius 2 is 1.66 bits per heavy atom. The molecule has 0 spiro atoms. The van der Waals surface area contributed by atoms with Crippen LogP contribution < -0.4 is 33.8 Å². The molecule has 2 aromatic carbocycles. The van der Waals surface area contributed by atoms with Crippen molar-refractivity contribution in [3.63, 3.8) is 0 Å². The molecule has 0 saturated heterocycles. The molecular weight excluding hydrogens is 656 g/mol. The highest BCUT2D eigenvalue weighted by atomic mass is 79.9. The zero-order chi connectivity index (χ0) is 32.0. The summed E-state index contributed by atoms with van der Waals surface area (Å²) in [7, 11) is 3.04. The van der Waals surface area contributed by atoms with Crippen molar-refractivity contribution in [3.05, 3.63) is 76.9 Å². The molecule has 1 atom stereocenters. The van der Waals surface area contributed by atoms with Gasteiger partial charge in [-0.15, -0.1) is 0 Å². The van der Waals surface area contributed by atoms with Crippen LogP contribution in [0.4, 0.5) is 0 Å². The molecule has 0 aliphatic carbocycles. The minimum atomic E-state index is -0.862. The summed E-state index contributed by atoms with van der Waals surface area (Å²) in [5.74, 6) is 0.619. The van der Waals surface area contributed by atoms with Gasteiger partial charge >= 0.3 is 11.9 Å². The van der Waals surface area contributed by atoms with Gasteiger partial charge in [-0.25, -0.2) is 14.6 Å². The van der Waals surface area contributed by atoms with Crippen molar-refractivity contribution in [2.45, 2.75) is 33.7 Å². The van der Waals surface area contributed by atoms with Crippen LogP contribution in [0.3, 0.4) is 0 Å². The van der Waals surface area contributed by atoms with E-state index in [1.807, 2.05) is 6.92 Å². The zero-order valence-electron chi connectivity index (χ0n) is 25.2. The summed E-state index contributed by atoms with van der Waals surface area (Å²) in [6, 6.07) is 7.73. The first-order valence-corrected chi connectivity index (χ1v) is 15.4. The molecule has 1 aliphatic rings. The average Bonchev–Trinajstić information content (AvgIpc) is 3.30. The third-order valence-corrected chi connectivity index (χ3v) is 8.20. The molecule has 4 rings (SSSR count). The number of carbonyl (C=O) groups excluding carboxylic acids is 2. The molecule has 0 radical (unpaired) electrons. The first kappa shape index (κ1) is 32.8. The Hall–Kier alpha value is -4.10. The van der Waals surface area contributed by atoms with Gasteiger partial charge in [0.2, 0.25) is 0 Å². The average molecular weight is 690 g/mol. The molecule has 11 nitrogen and oxygen atoms in total. The monoisotopic (exact) mass is 688 g/mol. The number of methoxy groups -OCH3 is 2. The Balaban J connectivity index is 1.86. The largest absolute Gasteiger partial charge is 0.493 e. The van der Waals surface area contributed by atoms with E-state index in [9.17, 15) is 14.4 Å². The molecule has 3 aromatic rings. The van der Waals surface area contributed by atoms with Gasteiger partial charge in [-0.2, -0.15) is 0 Å². The van der Waals surface area contributed by atoms with Crippen molar-refractivity contribution < 1.29 is 38.0 Å². The number of aromatic nitrogens is 1. The summed E-state index contributed by atoms with van der Waals surface area (Å²) >= 11 is 4.79. The Morgan fingerprint density at radius 1 is 0.955 bits per heavy atom. The smallest absolute Gasteiger partial charge is 0.344 e. The summed E-state index contributed by atoms with van der Waals surface area (Å²) in [4.78, 5) is 44.2. The molecule has 44 heavy (non-hydrogen) atoms. The summed E-state index contributed by atoms with van der Waals surface area (Å²) in [5.41, 5.74) is 1.57. The molecule has 0 fully saturated rings. The van der Waals surface area contributed by atoms with Crippen LogP contribution in [0.1, 0.15) is 44.9 Å². The second-order valence-corrected chi connectivity index (χ2v) is 11.1. The normalized spacial score (nSPS) is 14.4. The van der Waals surface area contributed by atoms with E-state index in [0.29, 0.717) is 60.2 Å². The number of rotatable bonds is 12. The third-order valence-electron chi connectivity index (χ3n) is 6.53. The molecule has 0 saturated carbocycles. The van der Waals surface area contributed by atoms with Gasteiger partial charge in [-0.3, -0.25) is 9.36 Å². The molecular formula is C31H33BrN2O9S. The summed E-state index contributed by atoms with van der Waals surface area (Å²) < 4.78 is 35.1. The van der Waals surface area contributed by atoms with Gasteiger partial charge in [-0.05, 0) is 69.2 Å². The first-order chi connectivity index (χ1) is 21.2. The van der Waals surface area contributed by atoms with E-state index in [2.05, 4.69) is 20.9 Å². The number of hydrogen-bond acceptors (Lipinski definition) is 11. The molecule has 1 aliphatic heterocycles. The van der Waals surface area contributed by atoms with E-state index < -0.39 is 18.0 Å². The SMILES string of the molecule is CCOC(=O)COc1ccc(/C=c2\sc3n(c2=O)[C@@H](c2cc(OC)c(OC)cc2Br)C(C(=O)OCC)=C(C)N=3)cc1OCC. The highest BCUT2D eigenvalue weighted by Crippen LogP contribution is 2.40. The Kier molecular flexibility index (Phi) is 10.9. The molecule has 2 heterocycles. The highest BCUT2D eigenvalue weighted by molar-refractivity contribution is 9.10. The minimum Gasteiger partial charge on any atom is -0.493 e. The van der Waals surface area contributed by atoms with Crippen molar-refractivity contribution in [2.75, 3.05) is 40.6 Å². The van der Waals surface area contributed by atoms with Gasteiger partial charge in [0, 0.05) is 4.47 Å². The van der Waals surface area contributed by atoms with Crippen molar-refractivity contribution in [1.82, 2.24) is 4.57 Å². The van der Waals surface area contributed by atoms with Crippen molar-refractivity contribution in [2.24, 2.45) is 4.99 Å². The van der Waals surface area contributed by atoms with Gasteiger partial charge in [-0.1, -0.05) is 33.3 Å². The zero-order valence-corrected chi connectivity index (χ0v) is 27.6. The Bertz CT molecular complexity index is 1780. The second kappa shape index (κ2) is 14.6. The van der Waals surface area contributed by atoms with Gasteiger partial charge < -0.3 is 28.4 Å². The Morgan fingerprint density at radius 3 is 2.32 bits per heavy atom. The topological polar surface area (TPSA) is 124 Å². The fourth-order valence-corrected chi connectivity index (χ4v) is 6.24. The fraction of sp³-hybridized carbons (Fsp3) is 0.355. The van der Waals surface area contributed by atoms with Gasteiger partial charge in [0.15, 0.2) is 34.4 Å². The number of allylic oxidation sites excluding steroid dienone is 1. The number of nitrogens with zero attached hydrogens (tertiary/aromatic N) is 2. The molecule has 13 heteroatoms. The van der Waals surface area contributed by atoms with Crippen LogP contribution in [-0.2, 0) is 19.1 Å². The number of esters is 2. The number of thiazole rings is 1. The minimum absolute atomic E-state index is 0.154. The number of fused-ring (bicyclic) bond motifs is 1. The first-order valence-electron chi connectivity index (χ1n) is 13.8. The van der Waals surface area contributed by atoms with E-state index in [0.717, 1.165) is 0 Å². The molecule has 1 aromatic heterocycles. The third kappa shape index (κ3) is 6.83. The molecule has 234 valence electrons. The number of hydrogen-bond donors (Lipinski definition) is 0. The summed E-state index contributed by atoms with van der Waals surface area (Å²) in [6.07, 6.45) is 1.71. The Labute approximate surface area is 266 Å². The highest BCUT2D eigenvalue weighted by Gasteiger charge is 2.35. The van der Waals surface area contributed by atoms with E-state index in [1.54, 1.807) is 57.2 Å². The maximum atomic E-state index is 14.1. The number of carbonyl (C=O) groups is 2. The predicted molar refractivity (Wildman–Crippen MR) is 167 cm³/mol. The van der Waals surface area contributed by atoms with Gasteiger partial charge in [0.05, 0.1) is 55.9 Å². The van der Waals surface area contributed by atoms with Crippen LogP contribution in [-0.4, -0.2) is 57.2 Å². The lowest BCUT2D eigenvalue weighted by Gasteiger charge is -2.26. The molecule has 0 amide bonds. The van der Waals surface area contributed by atoms with Crippen molar-refractivity contribution in [1.29, 1.82) is 0 Å². The lowest BCUT2D eigenvalue weighted by molar-refractivity contribution is -0.145. The van der Waals surface area contributed by atoms with Crippen LogP contribution in [0.15, 0.2) is 55.9 Å². The van der Waals surface area contributed by atoms with Crippen LogP contribution in [0, 0.1) is 0 Å². The van der Waals surface area contributed by atoms with E-state index in [1.165, 1.54) is 30.1 Å². The number of benzene rings is 2. The number of halogens is 1. The van der Waals surface area contributed by atoms with E-state index in [4.69, 9.17) is 28.4 Å². The number of ether oxygens (including phenoxy) is 6. The predicted octanol–water partition coefficient (Wildman–Crippen LogP) is 3.92. The van der Waals surface area contributed by atoms with Gasteiger partial charge in [0.25, 0.3) is 5.56 Å². The van der Waals surface area contributed by atoms with Gasteiger partial charge in [0.1, 0.15) is 0 Å². The fourth-order valence-electron chi connectivity index (χ4n) is 4.66. The van der Waals surface area contributed by atoms with Crippen molar-refractivity contribution >= 4 is 45.3 Å². The molecule has 0 bridgehead atoms. The molecule has 0 unspecified atom stereocenters. The standard InChI is InChI=1S/C31H33BrN2O9S/c1-7-40-24-12-18(10-11-21(24)43-16-26(35)41-8-2)13-25-29(36)34-28(19-14-22(38-5)23(39-6)15-20(19)32)27(30(37)42-9-3)17(4)33-31(34)44-25/h10-15,28H,7-9,16H2,1-6H3/b25-13-/t28-/m0/s1. The maximum absolute atomic E-state index is 14.1. The summed E-state index contributed by atoms with van der Waals surface area (Å²) in [6.45, 7) is 7.48.